The highest BCUT2D eigenvalue weighted by molar-refractivity contribution is 5.41. The molecular formula is C10H15N7. The minimum absolute atomic E-state index is 0.400. The molecule has 0 aliphatic carbocycles. The van der Waals surface area contributed by atoms with Crippen LogP contribution in [0.3, 0.4) is 0 Å². The molecule has 0 aliphatic rings. The van der Waals surface area contributed by atoms with Gasteiger partial charge >= 0.3 is 0 Å². The third kappa shape index (κ3) is 2.70. The predicted molar refractivity (Wildman–Crippen MR) is 65.1 cm³/mol. The summed E-state index contributed by atoms with van der Waals surface area (Å²) in [6, 6.07) is 3.81. The zero-order valence-corrected chi connectivity index (χ0v) is 9.81. The summed E-state index contributed by atoms with van der Waals surface area (Å²) >= 11 is 0. The van der Waals surface area contributed by atoms with Crippen LogP contribution in [-0.4, -0.2) is 19.7 Å². The highest BCUT2D eigenvalue weighted by Gasteiger charge is 2.02. The SMILES string of the molecule is Cc1cc(NCc2ccnn2C)nc(NN)n1. The van der Waals surface area contributed by atoms with Crippen LogP contribution in [0.4, 0.5) is 11.8 Å². The first-order valence-electron chi connectivity index (χ1n) is 5.22. The number of nitrogens with one attached hydrogen (secondary N) is 2. The molecule has 2 heterocycles. The number of aromatic nitrogens is 4. The number of hydrazine groups is 1. The Morgan fingerprint density at radius 3 is 2.88 bits per heavy atom. The van der Waals surface area contributed by atoms with Crippen LogP contribution in [0.5, 0.6) is 0 Å². The van der Waals surface area contributed by atoms with Gasteiger partial charge in [-0.05, 0) is 13.0 Å². The van der Waals surface area contributed by atoms with Crippen LogP contribution < -0.4 is 16.6 Å². The summed E-state index contributed by atoms with van der Waals surface area (Å²) in [4.78, 5) is 8.30. The molecule has 0 unspecified atom stereocenters. The van der Waals surface area contributed by atoms with E-state index in [-0.39, 0.29) is 0 Å². The molecule has 0 spiro atoms. The van der Waals surface area contributed by atoms with Crippen LogP contribution in [0.2, 0.25) is 0 Å². The summed E-state index contributed by atoms with van der Waals surface area (Å²) in [6.07, 6.45) is 1.76. The maximum absolute atomic E-state index is 5.29. The van der Waals surface area contributed by atoms with Crippen LogP contribution in [0.15, 0.2) is 18.3 Å². The fourth-order valence-electron chi connectivity index (χ4n) is 1.48. The maximum atomic E-state index is 5.29. The van der Waals surface area contributed by atoms with Crippen molar-refractivity contribution in [3.05, 3.63) is 29.7 Å². The number of nitrogens with zero attached hydrogens (tertiary/aromatic N) is 4. The molecule has 2 aromatic heterocycles. The van der Waals surface area contributed by atoms with Gasteiger partial charge in [0.2, 0.25) is 5.95 Å². The number of rotatable bonds is 4. The quantitative estimate of drug-likeness (QED) is 0.523. The molecule has 0 aromatic carbocycles. The molecule has 7 nitrogen and oxygen atoms in total. The van der Waals surface area contributed by atoms with Crippen molar-refractivity contribution >= 4 is 11.8 Å². The molecule has 0 fully saturated rings. The van der Waals surface area contributed by atoms with E-state index in [1.807, 2.05) is 30.8 Å². The molecule has 4 N–H and O–H groups in total. The van der Waals surface area contributed by atoms with E-state index in [1.165, 1.54) is 0 Å². The van der Waals surface area contributed by atoms with Gasteiger partial charge in [-0.2, -0.15) is 10.1 Å². The van der Waals surface area contributed by atoms with Crippen molar-refractivity contribution in [3.63, 3.8) is 0 Å². The van der Waals surface area contributed by atoms with Crippen molar-refractivity contribution in [1.82, 2.24) is 19.7 Å². The van der Waals surface area contributed by atoms with E-state index in [0.717, 1.165) is 17.2 Å². The van der Waals surface area contributed by atoms with Crippen molar-refractivity contribution in [1.29, 1.82) is 0 Å². The number of hydrogen-bond acceptors (Lipinski definition) is 6. The van der Waals surface area contributed by atoms with E-state index in [9.17, 15) is 0 Å². The molecule has 90 valence electrons. The molecule has 0 bridgehead atoms. The summed E-state index contributed by atoms with van der Waals surface area (Å²) in [5.74, 6) is 6.41. The van der Waals surface area contributed by atoms with E-state index in [0.29, 0.717) is 12.5 Å². The molecule has 2 rings (SSSR count). The first-order chi connectivity index (χ1) is 8.19. The lowest BCUT2D eigenvalue weighted by molar-refractivity contribution is 0.720. The van der Waals surface area contributed by atoms with Crippen LogP contribution in [0.1, 0.15) is 11.4 Å². The second kappa shape index (κ2) is 4.79. The fraction of sp³-hybridized carbons (Fsp3) is 0.300. The van der Waals surface area contributed by atoms with Gasteiger partial charge in [0.25, 0.3) is 0 Å². The van der Waals surface area contributed by atoms with Crippen LogP contribution in [0, 0.1) is 6.92 Å². The molecule has 0 saturated carbocycles. The molecule has 17 heavy (non-hydrogen) atoms. The maximum Gasteiger partial charge on any atom is 0.239 e. The molecule has 0 atom stereocenters. The van der Waals surface area contributed by atoms with Gasteiger partial charge in [0.1, 0.15) is 5.82 Å². The zero-order chi connectivity index (χ0) is 12.3. The molecule has 0 amide bonds. The van der Waals surface area contributed by atoms with Gasteiger partial charge in [-0.3, -0.25) is 10.1 Å². The topological polar surface area (TPSA) is 93.7 Å². The van der Waals surface area contributed by atoms with Crippen molar-refractivity contribution in [2.24, 2.45) is 12.9 Å². The lowest BCUT2D eigenvalue weighted by Crippen LogP contribution is -2.13. The van der Waals surface area contributed by atoms with Gasteiger partial charge < -0.3 is 5.32 Å². The largest absolute Gasteiger partial charge is 0.364 e. The predicted octanol–water partition coefficient (Wildman–Crippen LogP) is 0.416. The molecular weight excluding hydrogens is 218 g/mol. The monoisotopic (exact) mass is 233 g/mol. The summed E-state index contributed by atoms with van der Waals surface area (Å²) in [5, 5.41) is 7.29. The summed E-state index contributed by atoms with van der Waals surface area (Å²) in [5.41, 5.74) is 4.35. The minimum atomic E-state index is 0.400. The Morgan fingerprint density at radius 2 is 2.24 bits per heavy atom. The number of nitrogens with two attached hydrogens (primary N) is 1. The third-order valence-corrected chi connectivity index (χ3v) is 2.36. The van der Waals surface area contributed by atoms with Crippen LogP contribution >= 0.6 is 0 Å². The normalized spacial score (nSPS) is 10.3. The summed E-state index contributed by atoms with van der Waals surface area (Å²) < 4.78 is 1.81. The minimum Gasteiger partial charge on any atom is -0.364 e. The molecule has 2 aromatic rings. The Kier molecular flexibility index (Phi) is 3.20. The van der Waals surface area contributed by atoms with E-state index < -0.39 is 0 Å². The second-order valence-corrected chi connectivity index (χ2v) is 3.66. The van der Waals surface area contributed by atoms with E-state index in [2.05, 4.69) is 25.8 Å². The van der Waals surface area contributed by atoms with Gasteiger partial charge in [0.05, 0.1) is 12.2 Å². The lowest BCUT2D eigenvalue weighted by Gasteiger charge is -2.08. The Balaban J connectivity index is 2.09. The number of aryl methyl sites for hydroxylation is 2. The summed E-state index contributed by atoms with van der Waals surface area (Å²) in [7, 11) is 1.90. The van der Waals surface area contributed by atoms with E-state index >= 15 is 0 Å². The highest BCUT2D eigenvalue weighted by atomic mass is 15.3. The van der Waals surface area contributed by atoms with Crippen molar-refractivity contribution in [2.45, 2.75) is 13.5 Å². The average Bonchev–Trinajstić information content (AvgIpc) is 2.71. The number of anilines is 2. The van der Waals surface area contributed by atoms with Gasteiger partial charge in [0.15, 0.2) is 0 Å². The van der Waals surface area contributed by atoms with E-state index in [4.69, 9.17) is 5.84 Å². The highest BCUT2D eigenvalue weighted by Crippen LogP contribution is 2.10. The van der Waals surface area contributed by atoms with Crippen molar-refractivity contribution < 1.29 is 0 Å². The van der Waals surface area contributed by atoms with Crippen molar-refractivity contribution in [2.75, 3.05) is 10.7 Å². The van der Waals surface area contributed by atoms with E-state index in [1.54, 1.807) is 6.20 Å². The molecule has 7 heteroatoms. The zero-order valence-electron chi connectivity index (χ0n) is 9.81. The van der Waals surface area contributed by atoms with Crippen LogP contribution in [-0.2, 0) is 13.6 Å². The van der Waals surface area contributed by atoms with Crippen LogP contribution in [0.25, 0.3) is 0 Å². The number of nitrogen functional groups attached to an aromatic ring is 1. The average molecular weight is 233 g/mol. The summed E-state index contributed by atoms with van der Waals surface area (Å²) in [6.45, 7) is 2.54. The first-order valence-corrected chi connectivity index (χ1v) is 5.22. The standard InChI is InChI=1S/C10H15N7/c1-7-5-9(15-10(14-7)16-11)12-6-8-3-4-13-17(8)2/h3-5H,6,11H2,1-2H3,(H2,12,14,15,16). The van der Waals surface area contributed by atoms with Gasteiger partial charge in [-0.15, -0.1) is 0 Å². The van der Waals surface area contributed by atoms with Crippen molar-refractivity contribution in [3.8, 4) is 0 Å². The first kappa shape index (κ1) is 11.3. The molecule has 0 aliphatic heterocycles. The molecule has 0 radical (unpaired) electrons. The van der Waals surface area contributed by atoms with Gasteiger partial charge in [-0.25, -0.2) is 10.8 Å². The Morgan fingerprint density at radius 1 is 1.41 bits per heavy atom. The smallest absolute Gasteiger partial charge is 0.239 e. The van der Waals surface area contributed by atoms with Gasteiger partial charge in [-0.1, -0.05) is 0 Å². The second-order valence-electron chi connectivity index (χ2n) is 3.66. The third-order valence-electron chi connectivity index (χ3n) is 2.36. The lowest BCUT2D eigenvalue weighted by atomic mass is 10.4. The Bertz CT molecular complexity index is 505. The Hall–Kier alpha value is -2.15. The van der Waals surface area contributed by atoms with Gasteiger partial charge in [0, 0.05) is 25.0 Å². The molecule has 0 saturated heterocycles. The fourth-order valence-corrected chi connectivity index (χ4v) is 1.48. The number of hydrogen-bond donors (Lipinski definition) is 3. The Labute approximate surface area is 99.0 Å².